The first-order valence-corrected chi connectivity index (χ1v) is 9.66. The van der Waals surface area contributed by atoms with Crippen LogP contribution in [0.4, 0.5) is 10.1 Å². The fourth-order valence-corrected chi connectivity index (χ4v) is 3.37. The summed E-state index contributed by atoms with van der Waals surface area (Å²) in [5.41, 5.74) is 4.77. The number of carbonyl (C=O) groups is 1. The van der Waals surface area contributed by atoms with Crippen LogP contribution in [0.15, 0.2) is 67.0 Å². The average molecular weight is 403 g/mol. The van der Waals surface area contributed by atoms with Gasteiger partial charge in [-0.3, -0.25) is 14.2 Å². The highest BCUT2D eigenvalue weighted by Crippen LogP contribution is 2.22. The van der Waals surface area contributed by atoms with E-state index in [1.165, 1.54) is 12.1 Å². The summed E-state index contributed by atoms with van der Waals surface area (Å²) in [5, 5.41) is 11.7. The molecule has 1 amide bonds. The summed E-state index contributed by atoms with van der Waals surface area (Å²) in [7, 11) is 0. The summed E-state index contributed by atoms with van der Waals surface area (Å²) in [6.07, 6.45) is 3.61. The molecule has 4 rings (SSSR count). The van der Waals surface area contributed by atoms with E-state index in [0.717, 1.165) is 22.5 Å². The van der Waals surface area contributed by atoms with Gasteiger partial charge in [-0.1, -0.05) is 24.3 Å². The first kappa shape index (κ1) is 19.6. The number of amides is 1. The largest absolute Gasteiger partial charge is 0.319 e. The third-order valence-electron chi connectivity index (χ3n) is 4.96. The molecule has 0 saturated heterocycles. The summed E-state index contributed by atoms with van der Waals surface area (Å²) in [4.78, 5) is 12.9. The predicted octanol–water partition coefficient (Wildman–Crippen LogP) is 4.18. The van der Waals surface area contributed by atoms with E-state index in [-0.39, 0.29) is 11.7 Å². The van der Waals surface area contributed by atoms with Crippen LogP contribution < -0.4 is 5.32 Å². The van der Waals surface area contributed by atoms with Crippen molar-refractivity contribution in [3.8, 4) is 0 Å². The Morgan fingerprint density at radius 3 is 2.57 bits per heavy atom. The van der Waals surface area contributed by atoms with Crippen LogP contribution in [0.1, 0.15) is 32.9 Å². The normalized spacial score (nSPS) is 10.9. The van der Waals surface area contributed by atoms with Gasteiger partial charge in [0.25, 0.3) is 5.91 Å². The van der Waals surface area contributed by atoms with Gasteiger partial charge in [-0.2, -0.15) is 10.2 Å². The van der Waals surface area contributed by atoms with E-state index >= 15 is 0 Å². The van der Waals surface area contributed by atoms with Gasteiger partial charge in [0, 0.05) is 18.0 Å². The van der Waals surface area contributed by atoms with E-state index < -0.39 is 0 Å². The van der Waals surface area contributed by atoms with E-state index in [9.17, 15) is 9.18 Å². The molecule has 1 N–H and O–H groups in total. The number of nitrogens with zero attached hydrogens (tertiary/aromatic N) is 4. The van der Waals surface area contributed by atoms with Crippen molar-refractivity contribution >= 4 is 11.6 Å². The minimum absolute atomic E-state index is 0.190. The molecule has 0 atom stereocenters. The molecule has 2 aromatic carbocycles. The Kier molecular flexibility index (Phi) is 5.43. The Morgan fingerprint density at radius 1 is 1.03 bits per heavy atom. The monoisotopic (exact) mass is 403 g/mol. The Balaban J connectivity index is 1.50. The third-order valence-corrected chi connectivity index (χ3v) is 4.96. The highest BCUT2D eigenvalue weighted by molar-refractivity contribution is 6.05. The lowest BCUT2D eigenvalue weighted by Crippen LogP contribution is -2.14. The quantitative estimate of drug-likeness (QED) is 0.525. The second-order valence-corrected chi connectivity index (χ2v) is 7.19. The molecule has 2 heterocycles. The SMILES string of the molecule is Cc1nn(Cc2ccc(F)cc2)c(C)c1NC(=O)c1cccc(Cn2cccn2)c1. The summed E-state index contributed by atoms with van der Waals surface area (Å²) < 4.78 is 16.8. The molecular formula is C23H22FN5O. The highest BCUT2D eigenvalue weighted by atomic mass is 19.1. The van der Waals surface area contributed by atoms with Crippen LogP contribution in [0.3, 0.4) is 0 Å². The molecule has 0 unspecified atom stereocenters. The van der Waals surface area contributed by atoms with Crippen molar-refractivity contribution in [2.75, 3.05) is 5.32 Å². The van der Waals surface area contributed by atoms with Gasteiger partial charge in [-0.05, 0) is 55.3 Å². The highest BCUT2D eigenvalue weighted by Gasteiger charge is 2.16. The van der Waals surface area contributed by atoms with Gasteiger partial charge in [-0.15, -0.1) is 0 Å². The predicted molar refractivity (Wildman–Crippen MR) is 113 cm³/mol. The van der Waals surface area contributed by atoms with Crippen molar-refractivity contribution in [3.63, 3.8) is 0 Å². The van der Waals surface area contributed by atoms with Crippen LogP contribution in [0.25, 0.3) is 0 Å². The van der Waals surface area contributed by atoms with Crippen LogP contribution >= 0.6 is 0 Å². The molecule has 0 aliphatic heterocycles. The fraction of sp³-hybridized carbons (Fsp3) is 0.174. The molecule has 152 valence electrons. The zero-order valence-electron chi connectivity index (χ0n) is 16.8. The second kappa shape index (κ2) is 8.32. The summed E-state index contributed by atoms with van der Waals surface area (Å²) in [6.45, 7) is 4.87. The number of aryl methyl sites for hydroxylation is 1. The summed E-state index contributed by atoms with van der Waals surface area (Å²) >= 11 is 0. The van der Waals surface area contributed by atoms with Crippen molar-refractivity contribution in [2.45, 2.75) is 26.9 Å². The number of rotatable bonds is 6. The first-order valence-electron chi connectivity index (χ1n) is 9.66. The molecule has 4 aromatic rings. The van der Waals surface area contributed by atoms with Gasteiger partial charge in [0.1, 0.15) is 5.82 Å². The minimum Gasteiger partial charge on any atom is -0.319 e. The number of hydrogen-bond donors (Lipinski definition) is 1. The number of aromatic nitrogens is 4. The van der Waals surface area contributed by atoms with Gasteiger partial charge in [0.05, 0.1) is 30.2 Å². The zero-order valence-corrected chi connectivity index (χ0v) is 16.8. The molecule has 30 heavy (non-hydrogen) atoms. The average Bonchev–Trinajstić information content (AvgIpc) is 3.33. The number of carbonyl (C=O) groups excluding carboxylic acids is 1. The van der Waals surface area contributed by atoms with Crippen LogP contribution in [0.2, 0.25) is 0 Å². The van der Waals surface area contributed by atoms with Gasteiger partial charge in [0.15, 0.2) is 0 Å². The zero-order chi connectivity index (χ0) is 21.1. The van der Waals surface area contributed by atoms with Gasteiger partial charge < -0.3 is 5.32 Å². The minimum atomic E-state index is -0.269. The molecule has 2 aromatic heterocycles. The molecular weight excluding hydrogens is 381 g/mol. The van der Waals surface area contributed by atoms with E-state index in [1.807, 2.05) is 53.7 Å². The molecule has 0 saturated carbocycles. The van der Waals surface area contributed by atoms with Crippen molar-refractivity contribution in [1.82, 2.24) is 19.6 Å². The Hall–Kier alpha value is -3.74. The molecule has 0 radical (unpaired) electrons. The summed E-state index contributed by atoms with van der Waals surface area (Å²) in [6, 6.07) is 15.7. The van der Waals surface area contributed by atoms with Crippen molar-refractivity contribution in [1.29, 1.82) is 0 Å². The molecule has 6 nitrogen and oxygen atoms in total. The number of anilines is 1. The molecule has 0 bridgehead atoms. The standard InChI is InChI=1S/C23H22FN5O/c1-16-22(17(2)29(27-16)15-18-7-9-21(24)10-8-18)26-23(30)20-6-3-5-19(13-20)14-28-12-4-11-25-28/h3-13H,14-15H2,1-2H3,(H,26,30). The Morgan fingerprint density at radius 2 is 1.83 bits per heavy atom. The van der Waals surface area contributed by atoms with Crippen LogP contribution in [-0.2, 0) is 13.1 Å². The van der Waals surface area contributed by atoms with E-state index in [1.54, 1.807) is 24.4 Å². The van der Waals surface area contributed by atoms with Crippen LogP contribution in [-0.4, -0.2) is 25.5 Å². The van der Waals surface area contributed by atoms with E-state index in [4.69, 9.17) is 0 Å². The van der Waals surface area contributed by atoms with E-state index in [0.29, 0.717) is 24.3 Å². The maximum absolute atomic E-state index is 13.1. The van der Waals surface area contributed by atoms with Crippen molar-refractivity contribution in [3.05, 3.63) is 101 Å². The summed E-state index contributed by atoms with van der Waals surface area (Å²) in [5.74, 6) is -0.459. The lowest BCUT2D eigenvalue weighted by Gasteiger charge is -2.09. The number of nitrogens with one attached hydrogen (secondary N) is 1. The first-order chi connectivity index (χ1) is 14.5. The smallest absolute Gasteiger partial charge is 0.255 e. The van der Waals surface area contributed by atoms with Gasteiger partial charge in [0.2, 0.25) is 0 Å². The Labute approximate surface area is 174 Å². The van der Waals surface area contributed by atoms with Gasteiger partial charge >= 0.3 is 0 Å². The fourth-order valence-electron chi connectivity index (χ4n) is 3.37. The molecule has 0 spiro atoms. The van der Waals surface area contributed by atoms with Gasteiger partial charge in [-0.25, -0.2) is 4.39 Å². The van der Waals surface area contributed by atoms with Crippen LogP contribution in [0, 0.1) is 19.7 Å². The van der Waals surface area contributed by atoms with Crippen molar-refractivity contribution in [2.24, 2.45) is 0 Å². The number of benzene rings is 2. The van der Waals surface area contributed by atoms with E-state index in [2.05, 4.69) is 15.5 Å². The van der Waals surface area contributed by atoms with Crippen molar-refractivity contribution < 1.29 is 9.18 Å². The molecule has 0 fully saturated rings. The number of halogens is 1. The lowest BCUT2D eigenvalue weighted by molar-refractivity contribution is 0.102. The van der Waals surface area contributed by atoms with Crippen LogP contribution in [0.5, 0.6) is 0 Å². The maximum Gasteiger partial charge on any atom is 0.255 e. The molecule has 0 aliphatic rings. The third kappa shape index (κ3) is 4.30. The molecule has 0 aliphatic carbocycles. The molecule has 7 heteroatoms. The number of hydrogen-bond acceptors (Lipinski definition) is 3. The maximum atomic E-state index is 13.1. The topological polar surface area (TPSA) is 64.7 Å². The lowest BCUT2D eigenvalue weighted by atomic mass is 10.1. The second-order valence-electron chi connectivity index (χ2n) is 7.19. The Bertz CT molecular complexity index is 1160.